The van der Waals surface area contributed by atoms with Crippen molar-refractivity contribution in [3.05, 3.63) is 35.9 Å². The maximum absolute atomic E-state index is 5.95. The van der Waals surface area contributed by atoms with Crippen LogP contribution in [0.3, 0.4) is 0 Å². The average molecular weight is 259 g/mol. The van der Waals surface area contributed by atoms with Crippen LogP contribution in [-0.4, -0.2) is 25.3 Å². The molecule has 1 aromatic carbocycles. The molecular weight excluding hydrogens is 234 g/mol. The summed E-state index contributed by atoms with van der Waals surface area (Å²) in [6.45, 7) is 6.72. The van der Waals surface area contributed by atoms with Crippen molar-refractivity contribution < 1.29 is 4.74 Å². The van der Waals surface area contributed by atoms with Gasteiger partial charge < -0.3 is 10.1 Å². The zero-order valence-corrected chi connectivity index (χ0v) is 12.1. The molecular formula is C17H25NO. The molecule has 2 fully saturated rings. The minimum Gasteiger partial charge on any atom is -0.377 e. The van der Waals surface area contributed by atoms with Crippen LogP contribution in [0.1, 0.15) is 32.3 Å². The first kappa shape index (κ1) is 13.1. The van der Waals surface area contributed by atoms with Gasteiger partial charge in [-0.1, -0.05) is 44.2 Å². The van der Waals surface area contributed by atoms with E-state index < -0.39 is 0 Å². The van der Waals surface area contributed by atoms with E-state index in [9.17, 15) is 0 Å². The molecule has 0 bridgehead atoms. The van der Waals surface area contributed by atoms with Crippen molar-refractivity contribution in [2.24, 2.45) is 11.3 Å². The Morgan fingerprint density at radius 2 is 2.05 bits per heavy atom. The number of hydrogen-bond donors (Lipinski definition) is 1. The summed E-state index contributed by atoms with van der Waals surface area (Å²) >= 11 is 0. The number of nitrogens with one attached hydrogen (secondary N) is 1. The van der Waals surface area contributed by atoms with Gasteiger partial charge in [0, 0.05) is 24.0 Å². The van der Waals surface area contributed by atoms with Gasteiger partial charge in [0.25, 0.3) is 0 Å². The van der Waals surface area contributed by atoms with Crippen LogP contribution in [0.4, 0.5) is 0 Å². The molecule has 19 heavy (non-hydrogen) atoms. The smallest absolute Gasteiger partial charge is 0.0684 e. The van der Waals surface area contributed by atoms with Gasteiger partial charge in [0.15, 0.2) is 0 Å². The van der Waals surface area contributed by atoms with Gasteiger partial charge in [-0.25, -0.2) is 0 Å². The predicted molar refractivity (Wildman–Crippen MR) is 78.2 cm³/mol. The number of rotatable bonds is 4. The van der Waals surface area contributed by atoms with E-state index >= 15 is 0 Å². The van der Waals surface area contributed by atoms with Gasteiger partial charge in [-0.3, -0.25) is 0 Å². The van der Waals surface area contributed by atoms with Crippen molar-refractivity contribution in [3.63, 3.8) is 0 Å². The van der Waals surface area contributed by atoms with Crippen LogP contribution in [0.5, 0.6) is 0 Å². The Balaban J connectivity index is 1.52. The Bertz CT molecular complexity index is 415. The third-order valence-corrected chi connectivity index (χ3v) is 4.95. The van der Waals surface area contributed by atoms with Crippen molar-refractivity contribution in [1.29, 1.82) is 0 Å². The number of benzene rings is 1. The molecule has 1 aliphatic heterocycles. The summed E-state index contributed by atoms with van der Waals surface area (Å²) in [5.41, 5.74) is 1.71. The van der Waals surface area contributed by atoms with Crippen molar-refractivity contribution in [2.75, 3.05) is 13.2 Å². The summed E-state index contributed by atoms with van der Waals surface area (Å²) in [6.07, 6.45) is 4.16. The van der Waals surface area contributed by atoms with Gasteiger partial charge in [0.1, 0.15) is 0 Å². The molecule has 3 unspecified atom stereocenters. The Labute approximate surface area is 116 Å². The molecule has 1 aliphatic carbocycles. The minimum atomic E-state index is 0.293. The zero-order chi connectivity index (χ0) is 13.3. The summed E-state index contributed by atoms with van der Waals surface area (Å²) in [5, 5.41) is 3.78. The molecule has 2 nitrogen and oxygen atoms in total. The Morgan fingerprint density at radius 1 is 1.26 bits per heavy atom. The van der Waals surface area contributed by atoms with Gasteiger partial charge in [-0.15, -0.1) is 0 Å². The molecule has 2 aliphatic rings. The molecule has 1 heterocycles. The normalized spacial score (nSPS) is 32.4. The van der Waals surface area contributed by atoms with Crippen LogP contribution in [0.2, 0.25) is 0 Å². The molecule has 0 amide bonds. The first-order chi connectivity index (χ1) is 9.19. The van der Waals surface area contributed by atoms with Gasteiger partial charge in [-0.2, -0.15) is 0 Å². The Kier molecular flexibility index (Phi) is 3.64. The van der Waals surface area contributed by atoms with Crippen LogP contribution in [-0.2, 0) is 11.2 Å². The van der Waals surface area contributed by atoms with Crippen LogP contribution >= 0.6 is 0 Å². The van der Waals surface area contributed by atoms with E-state index in [4.69, 9.17) is 4.74 Å². The second-order valence-electron chi connectivity index (χ2n) is 6.59. The first-order valence-corrected chi connectivity index (χ1v) is 7.58. The fourth-order valence-corrected chi connectivity index (χ4v) is 3.95. The van der Waals surface area contributed by atoms with Crippen molar-refractivity contribution in [1.82, 2.24) is 5.32 Å². The van der Waals surface area contributed by atoms with Gasteiger partial charge in [-0.05, 0) is 31.4 Å². The van der Waals surface area contributed by atoms with Gasteiger partial charge >= 0.3 is 0 Å². The van der Waals surface area contributed by atoms with Crippen molar-refractivity contribution in [3.8, 4) is 0 Å². The van der Waals surface area contributed by atoms with E-state index in [1.807, 2.05) is 0 Å². The molecule has 1 aromatic rings. The molecule has 104 valence electrons. The van der Waals surface area contributed by atoms with E-state index in [1.54, 1.807) is 0 Å². The highest BCUT2D eigenvalue weighted by Crippen LogP contribution is 2.51. The standard InChI is InChI=1S/C17H25NO/c1-17(2)15(14-9-6-12-19-16(14)17)18-11-10-13-7-4-3-5-8-13/h3-5,7-8,14-16,18H,6,9-12H2,1-2H3. The second-order valence-corrected chi connectivity index (χ2v) is 6.59. The van der Waals surface area contributed by atoms with E-state index in [-0.39, 0.29) is 0 Å². The predicted octanol–water partition coefficient (Wildman–Crippen LogP) is 3.02. The lowest BCUT2D eigenvalue weighted by Gasteiger charge is -2.60. The first-order valence-electron chi connectivity index (χ1n) is 7.58. The summed E-state index contributed by atoms with van der Waals surface area (Å²) in [6, 6.07) is 11.4. The molecule has 0 aromatic heterocycles. The molecule has 3 rings (SSSR count). The van der Waals surface area contributed by atoms with Crippen LogP contribution in [0.15, 0.2) is 30.3 Å². The quantitative estimate of drug-likeness (QED) is 0.897. The highest BCUT2D eigenvalue weighted by Gasteiger charge is 2.57. The number of fused-ring (bicyclic) bond motifs is 1. The van der Waals surface area contributed by atoms with Crippen molar-refractivity contribution >= 4 is 0 Å². The molecule has 0 spiro atoms. The highest BCUT2D eigenvalue weighted by molar-refractivity contribution is 5.15. The average Bonchev–Trinajstić information content (AvgIpc) is 2.44. The lowest BCUT2D eigenvalue weighted by molar-refractivity contribution is -0.192. The van der Waals surface area contributed by atoms with Crippen LogP contribution < -0.4 is 5.32 Å². The topological polar surface area (TPSA) is 21.3 Å². The van der Waals surface area contributed by atoms with E-state index in [0.29, 0.717) is 17.6 Å². The lowest BCUT2D eigenvalue weighted by atomic mass is 9.55. The summed E-state index contributed by atoms with van der Waals surface area (Å²) in [7, 11) is 0. The van der Waals surface area contributed by atoms with E-state index in [1.165, 1.54) is 18.4 Å². The minimum absolute atomic E-state index is 0.293. The monoisotopic (exact) mass is 259 g/mol. The maximum Gasteiger partial charge on any atom is 0.0684 e. The SMILES string of the molecule is CC1(C)C(NCCc2ccccc2)C2CCCOC21. The highest BCUT2D eigenvalue weighted by atomic mass is 16.5. The van der Waals surface area contributed by atoms with E-state index in [0.717, 1.165) is 25.5 Å². The Morgan fingerprint density at radius 3 is 2.84 bits per heavy atom. The second kappa shape index (κ2) is 5.26. The zero-order valence-electron chi connectivity index (χ0n) is 12.1. The molecule has 1 saturated heterocycles. The summed E-state index contributed by atoms with van der Waals surface area (Å²) < 4.78 is 5.95. The maximum atomic E-state index is 5.95. The fraction of sp³-hybridized carbons (Fsp3) is 0.647. The molecule has 1 N–H and O–H groups in total. The van der Waals surface area contributed by atoms with Crippen LogP contribution in [0, 0.1) is 11.3 Å². The summed E-state index contributed by atoms with van der Waals surface area (Å²) in [5.74, 6) is 0.736. The van der Waals surface area contributed by atoms with E-state index in [2.05, 4.69) is 49.5 Å². The third-order valence-electron chi connectivity index (χ3n) is 4.95. The molecule has 1 saturated carbocycles. The van der Waals surface area contributed by atoms with Gasteiger partial charge in [0.2, 0.25) is 0 Å². The number of hydrogen-bond acceptors (Lipinski definition) is 2. The fourth-order valence-electron chi connectivity index (χ4n) is 3.95. The van der Waals surface area contributed by atoms with Crippen molar-refractivity contribution in [2.45, 2.75) is 45.3 Å². The third kappa shape index (κ3) is 2.44. The molecule has 2 heteroatoms. The lowest BCUT2D eigenvalue weighted by Crippen LogP contribution is -2.69. The molecule has 0 radical (unpaired) electrons. The largest absolute Gasteiger partial charge is 0.377 e. The Hall–Kier alpha value is -0.860. The van der Waals surface area contributed by atoms with Crippen LogP contribution in [0.25, 0.3) is 0 Å². The molecule has 3 atom stereocenters. The number of ether oxygens (including phenoxy) is 1. The summed E-state index contributed by atoms with van der Waals surface area (Å²) in [4.78, 5) is 0. The van der Waals surface area contributed by atoms with Gasteiger partial charge in [0.05, 0.1) is 6.10 Å².